The van der Waals surface area contributed by atoms with Gasteiger partial charge in [-0.2, -0.15) is 0 Å². The Labute approximate surface area is 357 Å². The van der Waals surface area contributed by atoms with E-state index in [1.807, 2.05) is 43.3 Å². The molecule has 17 heteroatoms. The number of benzene rings is 3. The molecule has 0 radical (unpaired) electrons. The SMILES string of the molecule is CCCCONC(=O)C[C@@H](CCCc1ccc(OC)cc1)C(=O)N[C@@H](C)C(=O)N[C@@H](CCCN/C(=N\C(=O)OCc1ccccc1)NC(=O)OCc1ccccc1)C(=O)NC. The van der Waals surface area contributed by atoms with Crippen molar-refractivity contribution in [3.8, 4) is 5.75 Å². The van der Waals surface area contributed by atoms with E-state index in [1.54, 1.807) is 55.6 Å². The fraction of sp³-hybridized carbons (Fsp3) is 0.432. The van der Waals surface area contributed by atoms with Crippen LogP contribution < -0.4 is 36.8 Å². The van der Waals surface area contributed by atoms with Crippen LogP contribution in [0, 0.1) is 5.92 Å². The molecule has 0 heterocycles. The number of likely N-dealkylation sites (N-methyl/N-ethyl adjacent to an activating group) is 1. The lowest BCUT2D eigenvalue weighted by Crippen LogP contribution is -2.53. The van der Waals surface area contributed by atoms with Crippen LogP contribution in [0.3, 0.4) is 0 Å². The third kappa shape index (κ3) is 19.9. The van der Waals surface area contributed by atoms with Gasteiger partial charge in [0.05, 0.1) is 13.7 Å². The molecule has 3 aromatic carbocycles. The largest absolute Gasteiger partial charge is 0.497 e. The van der Waals surface area contributed by atoms with Gasteiger partial charge < -0.3 is 35.5 Å². The monoisotopic (exact) mass is 845 g/mol. The van der Waals surface area contributed by atoms with Crippen molar-refractivity contribution in [3.05, 3.63) is 102 Å². The lowest BCUT2D eigenvalue weighted by Gasteiger charge is -2.23. The molecule has 3 aromatic rings. The number of carbonyl (C=O) groups is 6. The van der Waals surface area contributed by atoms with Gasteiger partial charge >= 0.3 is 12.2 Å². The highest BCUT2D eigenvalue weighted by molar-refractivity contribution is 5.98. The van der Waals surface area contributed by atoms with E-state index in [9.17, 15) is 28.8 Å². The van der Waals surface area contributed by atoms with Gasteiger partial charge in [0.15, 0.2) is 0 Å². The van der Waals surface area contributed by atoms with Crippen molar-refractivity contribution in [2.75, 3.05) is 27.3 Å². The summed E-state index contributed by atoms with van der Waals surface area (Å²) in [6.45, 7) is 3.85. The van der Waals surface area contributed by atoms with Gasteiger partial charge in [0, 0.05) is 25.9 Å². The van der Waals surface area contributed by atoms with Crippen LogP contribution >= 0.6 is 0 Å². The van der Waals surface area contributed by atoms with E-state index in [0.717, 1.165) is 35.3 Å². The quantitative estimate of drug-likeness (QED) is 0.0317. The van der Waals surface area contributed by atoms with E-state index >= 15 is 0 Å². The number of unbranched alkanes of at least 4 members (excludes halogenated alkanes) is 1. The van der Waals surface area contributed by atoms with Crippen molar-refractivity contribution in [2.45, 2.75) is 90.5 Å². The molecule has 6 N–H and O–H groups in total. The number of hydrogen-bond acceptors (Lipinski definition) is 10. The highest BCUT2D eigenvalue weighted by Gasteiger charge is 2.27. The topological polar surface area (TPSA) is 224 Å². The van der Waals surface area contributed by atoms with E-state index in [1.165, 1.54) is 14.0 Å². The number of hydroxylamine groups is 1. The molecule has 61 heavy (non-hydrogen) atoms. The summed E-state index contributed by atoms with van der Waals surface area (Å²) in [4.78, 5) is 86.8. The Morgan fingerprint density at radius 3 is 2.00 bits per heavy atom. The first-order chi connectivity index (χ1) is 29.5. The van der Waals surface area contributed by atoms with Crippen molar-refractivity contribution < 1.29 is 47.8 Å². The molecule has 0 aliphatic rings. The number of alkyl carbamates (subject to hydrolysis) is 1. The highest BCUT2D eigenvalue weighted by atomic mass is 16.6. The Morgan fingerprint density at radius 2 is 1.38 bits per heavy atom. The zero-order chi connectivity index (χ0) is 44.2. The summed E-state index contributed by atoms with van der Waals surface area (Å²) >= 11 is 0. The van der Waals surface area contributed by atoms with Gasteiger partial charge in [0.25, 0.3) is 0 Å². The number of aryl methyl sites for hydroxylation is 1. The molecular weight excluding hydrogens is 787 g/mol. The first-order valence-electron chi connectivity index (χ1n) is 20.4. The summed E-state index contributed by atoms with van der Waals surface area (Å²) in [5.41, 5.74) is 4.93. The van der Waals surface area contributed by atoms with Gasteiger partial charge in [-0.05, 0) is 74.3 Å². The summed E-state index contributed by atoms with van der Waals surface area (Å²) in [6.07, 6.45) is 1.62. The van der Waals surface area contributed by atoms with Crippen LogP contribution in [0.25, 0.3) is 0 Å². The Kier molecular flexibility index (Phi) is 22.5. The van der Waals surface area contributed by atoms with Crippen LogP contribution in [-0.4, -0.2) is 81.2 Å². The molecule has 0 aromatic heterocycles. The zero-order valence-electron chi connectivity index (χ0n) is 35.3. The fourth-order valence-electron chi connectivity index (χ4n) is 5.74. The van der Waals surface area contributed by atoms with Crippen LogP contribution in [0.2, 0.25) is 0 Å². The second-order valence-corrected chi connectivity index (χ2v) is 14.0. The van der Waals surface area contributed by atoms with E-state index in [4.69, 9.17) is 19.0 Å². The number of carbonyl (C=O) groups excluding carboxylic acids is 6. The van der Waals surface area contributed by atoms with Crippen LogP contribution in [0.1, 0.15) is 75.5 Å². The molecule has 330 valence electrons. The number of hydrogen-bond donors (Lipinski definition) is 6. The highest BCUT2D eigenvalue weighted by Crippen LogP contribution is 2.18. The molecule has 0 aliphatic carbocycles. The smallest absolute Gasteiger partial charge is 0.437 e. The van der Waals surface area contributed by atoms with Gasteiger partial charge in [0.2, 0.25) is 29.6 Å². The molecular formula is C44H59N7O10. The van der Waals surface area contributed by atoms with Crippen LogP contribution in [0.15, 0.2) is 89.9 Å². The third-order valence-corrected chi connectivity index (χ3v) is 9.20. The predicted octanol–water partition coefficient (Wildman–Crippen LogP) is 4.60. The fourth-order valence-corrected chi connectivity index (χ4v) is 5.74. The van der Waals surface area contributed by atoms with E-state index in [0.29, 0.717) is 25.9 Å². The minimum atomic E-state index is -1.06. The number of aliphatic imine (C=N–C) groups is 1. The van der Waals surface area contributed by atoms with Gasteiger partial charge in [-0.3, -0.25) is 29.3 Å². The van der Waals surface area contributed by atoms with Crippen molar-refractivity contribution in [1.82, 2.24) is 32.1 Å². The van der Waals surface area contributed by atoms with E-state index in [-0.39, 0.29) is 45.0 Å². The van der Waals surface area contributed by atoms with Crippen LogP contribution in [0.4, 0.5) is 9.59 Å². The normalized spacial score (nSPS) is 12.4. The predicted molar refractivity (Wildman–Crippen MR) is 228 cm³/mol. The number of nitrogens with one attached hydrogen (secondary N) is 6. The second kappa shape index (κ2) is 28.1. The lowest BCUT2D eigenvalue weighted by atomic mass is 9.95. The van der Waals surface area contributed by atoms with E-state index in [2.05, 4.69) is 37.1 Å². The Morgan fingerprint density at radius 1 is 0.721 bits per heavy atom. The Bertz CT molecular complexity index is 1850. The first-order valence-corrected chi connectivity index (χ1v) is 20.4. The molecule has 0 saturated heterocycles. The van der Waals surface area contributed by atoms with Gasteiger partial charge in [0.1, 0.15) is 31.0 Å². The Hall–Kier alpha value is -6.49. The third-order valence-electron chi connectivity index (χ3n) is 9.20. The van der Waals surface area contributed by atoms with Crippen molar-refractivity contribution in [1.29, 1.82) is 0 Å². The van der Waals surface area contributed by atoms with Crippen LogP contribution in [-0.2, 0) is 53.1 Å². The standard InChI is InChI=1S/C44H59N7O10/c1-5-6-27-61-51-38(52)28-35(20-13-19-32-22-24-36(58-4)25-23-32)40(54)47-31(2)39(53)48-37(41(55)45-3)21-14-26-46-42(49-43(56)59-29-33-15-9-7-10-16-33)50-44(57)60-30-34-17-11-8-12-18-34/h7-12,15-18,22-25,31,35,37H,5-6,13-14,19-21,26-30H2,1-4H3,(H,45,55)(H,47,54)(H,48,53)(H,51,52)(H2,46,49,50,56,57)/t31-,35+,37-/m0/s1. The maximum Gasteiger partial charge on any atom is 0.437 e. The minimum Gasteiger partial charge on any atom is -0.497 e. The lowest BCUT2D eigenvalue weighted by molar-refractivity contribution is -0.139. The summed E-state index contributed by atoms with van der Waals surface area (Å²) in [7, 11) is 3.02. The summed E-state index contributed by atoms with van der Waals surface area (Å²) in [6, 6.07) is 23.5. The zero-order valence-corrected chi connectivity index (χ0v) is 35.3. The van der Waals surface area contributed by atoms with Crippen molar-refractivity contribution >= 4 is 41.8 Å². The minimum absolute atomic E-state index is 0.0283. The number of nitrogens with zero attached hydrogens (tertiary/aromatic N) is 1. The molecule has 3 atom stereocenters. The molecule has 0 aliphatic heterocycles. The molecule has 0 unspecified atom stereocenters. The second-order valence-electron chi connectivity index (χ2n) is 14.0. The number of amides is 6. The average molecular weight is 846 g/mol. The first kappa shape index (κ1) is 48.9. The van der Waals surface area contributed by atoms with Gasteiger partial charge in [-0.1, -0.05) is 86.1 Å². The molecule has 17 nitrogen and oxygen atoms in total. The Balaban J connectivity index is 1.58. The average Bonchev–Trinajstić information content (AvgIpc) is 3.27. The molecule has 0 fully saturated rings. The maximum atomic E-state index is 13.5. The molecule has 3 rings (SSSR count). The summed E-state index contributed by atoms with van der Waals surface area (Å²) < 4.78 is 15.7. The molecule has 0 saturated carbocycles. The molecule has 6 amide bonds. The number of ether oxygens (including phenoxy) is 3. The van der Waals surface area contributed by atoms with Crippen molar-refractivity contribution in [2.24, 2.45) is 10.9 Å². The molecule has 0 spiro atoms. The van der Waals surface area contributed by atoms with Gasteiger partial charge in [-0.15, -0.1) is 4.99 Å². The van der Waals surface area contributed by atoms with Gasteiger partial charge in [-0.25, -0.2) is 15.1 Å². The van der Waals surface area contributed by atoms with Crippen LogP contribution in [0.5, 0.6) is 5.75 Å². The molecule has 0 bridgehead atoms. The number of guanidine groups is 1. The van der Waals surface area contributed by atoms with E-state index < -0.39 is 53.8 Å². The van der Waals surface area contributed by atoms with Crippen molar-refractivity contribution in [3.63, 3.8) is 0 Å². The maximum absolute atomic E-state index is 13.5. The number of methoxy groups -OCH3 is 1. The summed E-state index contributed by atoms with van der Waals surface area (Å²) in [5.74, 6) is -2.33. The number of rotatable bonds is 24. The summed E-state index contributed by atoms with van der Waals surface area (Å²) in [5, 5.41) is 13.2.